The predicted octanol–water partition coefficient (Wildman–Crippen LogP) is 2.16. The SMILES string of the molecule is CC(C)c1ccc(NC(=O)C2COCCN2)cc1.Cl. The maximum atomic E-state index is 11.9. The van der Waals surface area contributed by atoms with Gasteiger partial charge < -0.3 is 15.4 Å². The summed E-state index contributed by atoms with van der Waals surface area (Å²) < 4.78 is 5.27. The van der Waals surface area contributed by atoms with Crippen molar-refractivity contribution in [2.45, 2.75) is 25.8 Å². The molecule has 0 aromatic heterocycles. The minimum absolute atomic E-state index is 0. The minimum Gasteiger partial charge on any atom is -0.378 e. The quantitative estimate of drug-likeness (QED) is 0.894. The summed E-state index contributed by atoms with van der Waals surface area (Å²) in [5, 5.41) is 6.03. The number of amides is 1. The highest BCUT2D eigenvalue weighted by Gasteiger charge is 2.20. The molecule has 1 aliphatic heterocycles. The average molecular weight is 285 g/mol. The third-order valence-electron chi connectivity index (χ3n) is 3.08. The average Bonchev–Trinajstić information content (AvgIpc) is 2.40. The van der Waals surface area contributed by atoms with Gasteiger partial charge in [0.25, 0.3) is 0 Å². The van der Waals surface area contributed by atoms with Crippen molar-refractivity contribution < 1.29 is 9.53 Å². The van der Waals surface area contributed by atoms with Gasteiger partial charge in [0, 0.05) is 12.2 Å². The maximum absolute atomic E-state index is 11.9. The second-order valence-corrected chi connectivity index (χ2v) is 4.85. The van der Waals surface area contributed by atoms with E-state index in [2.05, 4.69) is 24.5 Å². The summed E-state index contributed by atoms with van der Waals surface area (Å²) in [6.45, 7) is 6.14. The van der Waals surface area contributed by atoms with E-state index < -0.39 is 0 Å². The summed E-state index contributed by atoms with van der Waals surface area (Å²) in [6, 6.07) is 7.73. The smallest absolute Gasteiger partial charge is 0.243 e. The predicted molar refractivity (Wildman–Crippen MR) is 79.0 cm³/mol. The van der Waals surface area contributed by atoms with Crippen LogP contribution in [0.4, 0.5) is 5.69 Å². The highest BCUT2D eigenvalue weighted by molar-refractivity contribution is 5.95. The van der Waals surface area contributed by atoms with Gasteiger partial charge in [-0.3, -0.25) is 4.79 Å². The Morgan fingerprint density at radius 2 is 2.05 bits per heavy atom. The topological polar surface area (TPSA) is 50.4 Å². The van der Waals surface area contributed by atoms with Crippen molar-refractivity contribution in [1.29, 1.82) is 0 Å². The van der Waals surface area contributed by atoms with Gasteiger partial charge in [-0.2, -0.15) is 0 Å². The molecule has 0 radical (unpaired) electrons. The van der Waals surface area contributed by atoms with Crippen LogP contribution in [0.3, 0.4) is 0 Å². The van der Waals surface area contributed by atoms with Crippen LogP contribution in [0, 0.1) is 0 Å². The van der Waals surface area contributed by atoms with Crippen molar-refractivity contribution >= 4 is 24.0 Å². The van der Waals surface area contributed by atoms with Gasteiger partial charge in [-0.15, -0.1) is 12.4 Å². The molecule has 0 spiro atoms. The van der Waals surface area contributed by atoms with E-state index in [-0.39, 0.29) is 24.4 Å². The molecule has 1 heterocycles. The van der Waals surface area contributed by atoms with Gasteiger partial charge in [-0.05, 0) is 23.6 Å². The number of anilines is 1. The van der Waals surface area contributed by atoms with Gasteiger partial charge >= 0.3 is 0 Å². The third-order valence-corrected chi connectivity index (χ3v) is 3.08. The number of hydrogen-bond donors (Lipinski definition) is 2. The molecular weight excluding hydrogens is 264 g/mol. The first-order valence-corrected chi connectivity index (χ1v) is 6.39. The molecule has 1 amide bonds. The van der Waals surface area contributed by atoms with Gasteiger partial charge in [-0.25, -0.2) is 0 Å². The van der Waals surface area contributed by atoms with Crippen molar-refractivity contribution in [3.8, 4) is 0 Å². The van der Waals surface area contributed by atoms with Gasteiger partial charge in [0.05, 0.1) is 13.2 Å². The van der Waals surface area contributed by atoms with E-state index >= 15 is 0 Å². The molecule has 1 atom stereocenters. The number of rotatable bonds is 3. The van der Waals surface area contributed by atoms with Gasteiger partial charge in [0.2, 0.25) is 5.91 Å². The number of halogens is 1. The molecule has 1 unspecified atom stereocenters. The second-order valence-electron chi connectivity index (χ2n) is 4.85. The standard InChI is InChI=1S/C14H20N2O2.ClH/c1-10(2)11-3-5-12(6-4-11)16-14(17)13-9-18-8-7-15-13;/h3-6,10,13,15H,7-9H2,1-2H3,(H,16,17);1H. The molecule has 2 N–H and O–H groups in total. The number of hydrogen-bond acceptors (Lipinski definition) is 3. The zero-order chi connectivity index (χ0) is 13.0. The number of carbonyl (C=O) groups excluding carboxylic acids is 1. The van der Waals surface area contributed by atoms with Crippen LogP contribution in [0.15, 0.2) is 24.3 Å². The summed E-state index contributed by atoms with van der Waals surface area (Å²) in [6.07, 6.45) is 0. The summed E-state index contributed by atoms with van der Waals surface area (Å²) in [7, 11) is 0. The Labute approximate surface area is 120 Å². The summed E-state index contributed by atoms with van der Waals surface area (Å²) in [4.78, 5) is 11.9. The number of nitrogens with one attached hydrogen (secondary N) is 2. The van der Waals surface area contributed by atoms with E-state index in [4.69, 9.17) is 4.74 Å². The molecule has 5 heteroatoms. The van der Waals surface area contributed by atoms with Gasteiger partial charge in [-0.1, -0.05) is 26.0 Å². The van der Waals surface area contributed by atoms with Crippen LogP contribution in [0.1, 0.15) is 25.3 Å². The van der Waals surface area contributed by atoms with E-state index in [1.54, 1.807) is 0 Å². The van der Waals surface area contributed by atoms with E-state index in [1.165, 1.54) is 5.56 Å². The second kappa shape index (κ2) is 7.48. The minimum atomic E-state index is -0.247. The lowest BCUT2D eigenvalue weighted by molar-refractivity contribution is -0.120. The number of morpholine rings is 1. The Bertz CT molecular complexity index is 400. The first-order valence-electron chi connectivity index (χ1n) is 6.39. The van der Waals surface area contributed by atoms with Gasteiger partial charge in [0.1, 0.15) is 6.04 Å². The zero-order valence-corrected chi connectivity index (χ0v) is 12.1. The summed E-state index contributed by atoms with van der Waals surface area (Å²) >= 11 is 0. The molecule has 0 bridgehead atoms. The molecule has 1 aromatic carbocycles. The fourth-order valence-electron chi connectivity index (χ4n) is 1.91. The molecule has 0 aliphatic carbocycles. The molecule has 1 aliphatic rings. The Kier molecular flexibility index (Phi) is 6.28. The number of carbonyl (C=O) groups is 1. The van der Waals surface area contributed by atoms with Crippen LogP contribution in [0.2, 0.25) is 0 Å². The van der Waals surface area contributed by atoms with Crippen LogP contribution in [-0.2, 0) is 9.53 Å². The van der Waals surface area contributed by atoms with Crippen LogP contribution >= 0.6 is 12.4 Å². The van der Waals surface area contributed by atoms with Crippen LogP contribution in [0.5, 0.6) is 0 Å². The van der Waals surface area contributed by atoms with Gasteiger partial charge in [0.15, 0.2) is 0 Å². The Morgan fingerprint density at radius 1 is 1.37 bits per heavy atom. The van der Waals surface area contributed by atoms with Crippen molar-refractivity contribution in [2.75, 3.05) is 25.1 Å². The van der Waals surface area contributed by atoms with Crippen molar-refractivity contribution in [3.05, 3.63) is 29.8 Å². The lowest BCUT2D eigenvalue weighted by atomic mass is 10.0. The van der Waals surface area contributed by atoms with E-state index in [0.29, 0.717) is 19.1 Å². The summed E-state index contributed by atoms with van der Waals surface area (Å²) in [5.74, 6) is 0.468. The fourth-order valence-corrected chi connectivity index (χ4v) is 1.91. The molecule has 1 fully saturated rings. The zero-order valence-electron chi connectivity index (χ0n) is 11.3. The van der Waals surface area contributed by atoms with Crippen LogP contribution in [-0.4, -0.2) is 31.7 Å². The lowest BCUT2D eigenvalue weighted by Crippen LogP contribution is -2.48. The molecule has 2 rings (SSSR count). The van der Waals surface area contributed by atoms with E-state index in [9.17, 15) is 4.79 Å². The van der Waals surface area contributed by atoms with Crippen molar-refractivity contribution in [2.24, 2.45) is 0 Å². The summed E-state index contributed by atoms with van der Waals surface area (Å²) in [5.41, 5.74) is 2.10. The first-order chi connectivity index (χ1) is 8.66. The molecule has 4 nitrogen and oxygen atoms in total. The third kappa shape index (κ3) is 4.49. The van der Waals surface area contributed by atoms with Crippen molar-refractivity contribution in [3.63, 3.8) is 0 Å². The van der Waals surface area contributed by atoms with Crippen molar-refractivity contribution in [1.82, 2.24) is 5.32 Å². The van der Waals surface area contributed by atoms with E-state index in [0.717, 1.165) is 12.2 Å². The largest absolute Gasteiger partial charge is 0.378 e. The lowest BCUT2D eigenvalue weighted by Gasteiger charge is -2.22. The normalized spacial score (nSPS) is 18.8. The number of ether oxygens (including phenoxy) is 1. The molecule has 106 valence electrons. The van der Waals surface area contributed by atoms with Crippen LogP contribution < -0.4 is 10.6 Å². The Hall–Kier alpha value is -1.10. The monoisotopic (exact) mass is 284 g/mol. The highest BCUT2D eigenvalue weighted by atomic mass is 35.5. The molecule has 1 aromatic rings. The Morgan fingerprint density at radius 3 is 2.58 bits per heavy atom. The molecule has 1 saturated heterocycles. The first kappa shape index (κ1) is 16.0. The Balaban J connectivity index is 0.00000180. The highest BCUT2D eigenvalue weighted by Crippen LogP contribution is 2.17. The number of benzene rings is 1. The molecule has 19 heavy (non-hydrogen) atoms. The van der Waals surface area contributed by atoms with E-state index in [1.807, 2.05) is 24.3 Å². The molecule has 0 saturated carbocycles. The maximum Gasteiger partial charge on any atom is 0.243 e. The van der Waals surface area contributed by atoms with Crippen LogP contribution in [0.25, 0.3) is 0 Å². The molecular formula is C14H21ClN2O2. The fraction of sp³-hybridized carbons (Fsp3) is 0.500.